The molecule has 1 heterocycles. The average molecular weight is 269 g/mol. The van der Waals surface area contributed by atoms with E-state index >= 15 is 0 Å². The summed E-state index contributed by atoms with van der Waals surface area (Å²) in [7, 11) is 1.30. The molecule has 1 aromatic heterocycles. The first kappa shape index (κ1) is 14.4. The topological polar surface area (TPSA) is 72.5 Å². The molecule has 0 radical (unpaired) electrons. The number of ketones is 1. The van der Waals surface area contributed by atoms with Crippen LogP contribution in [-0.4, -0.2) is 31.3 Å². The van der Waals surface area contributed by atoms with Crippen molar-refractivity contribution in [2.24, 2.45) is 0 Å². The molecule has 0 aromatic carbocycles. The standard InChI is InChI=1S/C12H15NO4S/c1-17-12(16)6-7-13-11(15)5-4-9(14)10-3-2-8-18-10/h2-3,8H,4-7H2,1H3,(H,13,15). The largest absolute Gasteiger partial charge is 0.469 e. The van der Waals surface area contributed by atoms with E-state index in [1.807, 2.05) is 5.38 Å². The lowest BCUT2D eigenvalue weighted by atomic mass is 10.2. The Labute approximate surface area is 109 Å². The molecule has 1 N–H and O–H groups in total. The monoisotopic (exact) mass is 269 g/mol. The highest BCUT2D eigenvalue weighted by molar-refractivity contribution is 7.12. The molecule has 0 aliphatic rings. The summed E-state index contributed by atoms with van der Waals surface area (Å²) in [6, 6.07) is 3.54. The second-order valence-electron chi connectivity index (χ2n) is 3.58. The van der Waals surface area contributed by atoms with Crippen molar-refractivity contribution in [2.75, 3.05) is 13.7 Å². The Balaban J connectivity index is 2.17. The maximum Gasteiger partial charge on any atom is 0.307 e. The van der Waals surface area contributed by atoms with Gasteiger partial charge >= 0.3 is 5.97 Å². The van der Waals surface area contributed by atoms with Crippen molar-refractivity contribution in [3.05, 3.63) is 22.4 Å². The zero-order chi connectivity index (χ0) is 13.4. The van der Waals surface area contributed by atoms with Gasteiger partial charge in [-0.05, 0) is 11.4 Å². The molecule has 18 heavy (non-hydrogen) atoms. The highest BCUT2D eigenvalue weighted by atomic mass is 32.1. The van der Waals surface area contributed by atoms with E-state index in [1.165, 1.54) is 18.4 Å². The van der Waals surface area contributed by atoms with Crippen molar-refractivity contribution in [3.63, 3.8) is 0 Å². The first-order chi connectivity index (χ1) is 8.63. The van der Waals surface area contributed by atoms with Gasteiger partial charge in [-0.25, -0.2) is 0 Å². The van der Waals surface area contributed by atoms with Crippen molar-refractivity contribution in [2.45, 2.75) is 19.3 Å². The maximum absolute atomic E-state index is 11.6. The fourth-order valence-electron chi connectivity index (χ4n) is 1.28. The van der Waals surface area contributed by atoms with Crippen LogP contribution in [0.2, 0.25) is 0 Å². The summed E-state index contributed by atoms with van der Waals surface area (Å²) >= 11 is 1.37. The second kappa shape index (κ2) is 7.60. The Morgan fingerprint density at radius 1 is 1.28 bits per heavy atom. The summed E-state index contributed by atoms with van der Waals surface area (Å²) in [4.78, 5) is 34.4. The summed E-state index contributed by atoms with van der Waals surface area (Å²) in [5, 5.41) is 4.38. The number of rotatable bonds is 7. The molecular formula is C12H15NO4S. The van der Waals surface area contributed by atoms with Gasteiger partial charge in [-0.2, -0.15) is 0 Å². The van der Waals surface area contributed by atoms with Gasteiger partial charge in [0.1, 0.15) is 0 Å². The molecule has 1 amide bonds. The molecular weight excluding hydrogens is 254 g/mol. The molecule has 1 rings (SSSR count). The minimum atomic E-state index is -0.370. The molecule has 0 fully saturated rings. The van der Waals surface area contributed by atoms with E-state index in [2.05, 4.69) is 10.1 Å². The van der Waals surface area contributed by atoms with Crippen LogP contribution in [0.15, 0.2) is 17.5 Å². The van der Waals surface area contributed by atoms with E-state index in [1.54, 1.807) is 12.1 Å². The second-order valence-corrected chi connectivity index (χ2v) is 4.52. The molecule has 0 saturated heterocycles. The quantitative estimate of drug-likeness (QED) is 0.599. The van der Waals surface area contributed by atoms with Crippen LogP contribution >= 0.6 is 11.3 Å². The maximum atomic E-state index is 11.6. The Morgan fingerprint density at radius 3 is 2.67 bits per heavy atom. The lowest BCUT2D eigenvalue weighted by Crippen LogP contribution is -2.26. The minimum absolute atomic E-state index is 0.0342. The number of carbonyl (C=O) groups excluding carboxylic acids is 3. The van der Waals surface area contributed by atoms with E-state index < -0.39 is 0 Å². The zero-order valence-electron chi connectivity index (χ0n) is 10.1. The van der Waals surface area contributed by atoms with Crippen molar-refractivity contribution in [3.8, 4) is 0 Å². The predicted octanol–water partition coefficient (Wildman–Crippen LogP) is 1.39. The Morgan fingerprint density at radius 2 is 2.06 bits per heavy atom. The molecule has 98 valence electrons. The van der Waals surface area contributed by atoms with Gasteiger partial charge in [-0.1, -0.05) is 6.07 Å². The van der Waals surface area contributed by atoms with Crippen molar-refractivity contribution < 1.29 is 19.1 Å². The van der Waals surface area contributed by atoms with Gasteiger partial charge in [0.05, 0.1) is 18.4 Å². The van der Waals surface area contributed by atoms with Gasteiger partial charge in [0.15, 0.2) is 5.78 Å². The number of ether oxygens (including phenoxy) is 1. The number of esters is 1. The summed E-state index contributed by atoms with van der Waals surface area (Å²) in [5.74, 6) is -0.637. The van der Waals surface area contributed by atoms with E-state index in [0.29, 0.717) is 4.88 Å². The van der Waals surface area contributed by atoms with E-state index in [-0.39, 0.29) is 43.5 Å². The zero-order valence-corrected chi connectivity index (χ0v) is 10.9. The minimum Gasteiger partial charge on any atom is -0.469 e. The third-order valence-corrected chi connectivity index (χ3v) is 3.16. The van der Waals surface area contributed by atoms with Crippen molar-refractivity contribution in [1.29, 1.82) is 0 Å². The molecule has 0 bridgehead atoms. The third-order valence-electron chi connectivity index (χ3n) is 2.25. The predicted molar refractivity (Wildman–Crippen MR) is 67.5 cm³/mol. The molecule has 0 unspecified atom stereocenters. The highest BCUT2D eigenvalue weighted by Crippen LogP contribution is 2.12. The molecule has 0 spiro atoms. The van der Waals surface area contributed by atoms with Crippen LogP contribution in [0.1, 0.15) is 28.9 Å². The Kier molecular flexibility index (Phi) is 6.07. The first-order valence-electron chi connectivity index (χ1n) is 5.53. The number of hydrogen-bond donors (Lipinski definition) is 1. The number of Topliss-reactive ketones (excluding diaryl/α,β-unsaturated/α-hetero) is 1. The summed E-state index contributed by atoms with van der Waals surface area (Å²) < 4.78 is 4.44. The molecule has 0 saturated carbocycles. The van der Waals surface area contributed by atoms with E-state index in [9.17, 15) is 14.4 Å². The average Bonchev–Trinajstić information content (AvgIpc) is 2.89. The molecule has 6 heteroatoms. The van der Waals surface area contributed by atoms with Gasteiger partial charge in [0, 0.05) is 19.4 Å². The first-order valence-corrected chi connectivity index (χ1v) is 6.41. The normalized spacial score (nSPS) is 9.83. The molecule has 1 aromatic rings. The van der Waals surface area contributed by atoms with Gasteiger partial charge in [-0.15, -0.1) is 11.3 Å². The van der Waals surface area contributed by atoms with Crippen LogP contribution in [-0.2, 0) is 14.3 Å². The third kappa shape index (κ3) is 5.09. The van der Waals surface area contributed by atoms with Crippen LogP contribution in [0, 0.1) is 0 Å². The van der Waals surface area contributed by atoms with Crippen molar-refractivity contribution in [1.82, 2.24) is 5.32 Å². The smallest absolute Gasteiger partial charge is 0.307 e. The molecule has 0 aliphatic heterocycles. The van der Waals surface area contributed by atoms with Crippen LogP contribution < -0.4 is 5.32 Å². The number of amides is 1. The van der Waals surface area contributed by atoms with Gasteiger partial charge in [0.25, 0.3) is 0 Å². The van der Waals surface area contributed by atoms with Crippen LogP contribution in [0.5, 0.6) is 0 Å². The summed E-state index contributed by atoms with van der Waals surface area (Å²) in [5.41, 5.74) is 0. The van der Waals surface area contributed by atoms with Gasteiger partial charge in [0.2, 0.25) is 5.91 Å². The Hall–Kier alpha value is -1.69. The molecule has 5 nitrogen and oxygen atoms in total. The SMILES string of the molecule is COC(=O)CCNC(=O)CCC(=O)c1cccs1. The molecule has 0 aliphatic carbocycles. The van der Waals surface area contributed by atoms with E-state index in [4.69, 9.17) is 0 Å². The van der Waals surface area contributed by atoms with Gasteiger partial charge in [-0.3, -0.25) is 14.4 Å². The van der Waals surface area contributed by atoms with E-state index in [0.717, 1.165) is 0 Å². The van der Waals surface area contributed by atoms with Crippen LogP contribution in [0.3, 0.4) is 0 Å². The number of hydrogen-bond acceptors (Lipinski definition) is 5. The number of methoxy groups -OCH3 is 1. The molecule has 0 atom stereocenters. The Bertz CT molecular complexity index is 414. The van der Waals surface area contributed by atoms with Crippen molar-refractivity contribution >= 4 is 29.0 Å². The lowest BCUT2D eigenvalue weighted by Gasteiger charge is -2.03. The summed E-state index contributed by atoms with van der Waals surface area (Å²) in [6.07, 6.45) is 0.462. The number of nitrogens with one attached hydrogen (secondary N) is 1. The number of thiophene rings is 1. The van der Waals surface area contributed by atoms with Crippen LogP contribution in [0.4, 0.5) is 0 Å². The highest BCUT2D eigenvalue weighted by Gasteiger charge is 2.10. The number of carbonyl (C=O) groups is 3. The van der Waals surface area contributed by atoms with Crippen LogP contribution in [0.25, 0.3) is 0 Å². The summed E-state index contributed by atoms with van der Waals surface area (Å²) in [6.45, 7) is 0.235. The van der Waals surface area contributed by atoms with Gasteiger partial charge < -0.3 is 10.1 Å². The fraction of sp³-hybridized carbons (Fsp3) is 0.417. The lowest BCUT2D eigenvalue weighted by molar-refractivity contribution is -0.140. The fourth-order valence-corrected chi connectivity index (χ4v) is 1.98.